The number of aldehydes is 1. The van der Waals surface area contributed by atoms with E-state index in [0.717, 1.165) is 17.5 Å². The third-order valence-corrected chi connectivity index (χ3v) is 2.40. The lowest BCUT2D eigenvalue weighted by atomic mass is 10.2. The highest BCUT2D eigenvalue weighted by Crippen LogP contribution is 2.16. The Morgan fingerprint density at radius 2 is 2.41 bits per heavy atom. The Hall–Kier alpha value is -2.01. The third-order valence-electron chi connectivity index (χ3n) is 2.40. The lowest BCUT2D eigenvalue weighted by Crippen LogP contribution is -2.08. The fourth-order valence-corrected chi connectivity index (χ4v) is 1.54. The van der Waals surface area contributed by atoms with E-state index in [-0.39, 0.29) is 0 Å². The first-order chi connectivity index (χ1) is 8.35. The summed E-state index contributed by atoms with van der Waals surface area (Å²) in [5.41, 5.74) is 2.18. The summed E-state index contributed by atoms with van der Waals surface area (Å²) in [6, 6.07) is 5.49. The van der Waals surface area contributed by atoms with Crippen molar-refractivity contribution >= 4 is 6.29 Å². The van der Waals surface area contributed by atoms with Crippen molar-refractivity contribution in [2.24, 2.45) is 0 Å². The molecular weight excluding hydrogens is 218 g/mol. The SMILES string of the molecule is COCCn1nc(-c2cccnc2)cc1C=O. The first-order valence-corrected chi connectivity index (χ1v) is 5.27. The Bertz CT molecular complexity index is 494. The second-order valence-electron chi connectivity index (χ2n) is 3.53. The number of hydrogen-bond donors (Lipinski definition) is 0. The maximum Gasteiger partial charge on any atom is 0.168 e. The minimum Gasteiger partial charge on any atom is -0.383 e. The molecule has 0 saturated heterocycles. The Morgan fingerprint density at radius 3 is 3.06 bits per heavy atom. The van der Waals surface area contributed by atoms with Crippen molar-refractivity contribution in [3.63, 3.8) is 0 Å². The first-order valence-electron chi connectivity index (χ1n) is 5.27. The fourth-order valence-electron chi connectivity index (χ4n) is 1.54. The molecule has 0 atom stereocenters. The van der Waals surface area contributed by atoms with E-state index in [1.54, 1.807) is 30.3 Å². The number of ether oxygens (including phenoxy) is 1. The van der Waals surface area contributed by atoms with Crippen molar-refractivity contribution in [1.82, 2.24) is 14.8 Å². The molecule has 0 spiro atoms. The van der Waals surface area contributed by atoms with Gasteiger partial charge in [0.25, 0.3) is 0 Å². The molecule has 17 heavy (non-hydrogen) atoms. The van der Waals surface area contributed by atoms with Gasteiger partial charge in [-0.25, -0.2) is 0 Å². The van der Waals surface area contributed by atoms with Gasteiger partial charge in [-0.15, -0.1) is 0 Å². The summed E-state index contributed by atoms with van der Waals surface area (Å²) in [7, 11) is 1.62. The summed E-state index contributed by atoms with van der Waals surface area (Å²) in [6.07, 6.45) is 4.21. The highest BCUT2D eigenvalue weighted by Gasteiger charge is 2.08. The maximum absolute atomic E-state index is 10.9. The lowest BCUT2D eigenvalue weighted by molar-refractivity contribution is 0.111. The zero-order valence-electron chi connectivity index (χ0n) is 9.54. The van der Waals surface area contributed by atoms with E-state index in [2.05, 4.69) is 10.1 Å². The van der Waals surface area contributed by atoms with Gasteiger partial charge in [0.2, 0.25) is 0 Å². The first kappa shape index (κ1) is 11.5. The zero-order chi connectivity index (χ0) is 12.1. The average Bonchev–Trinajstić information content (AvgIpc) is 2.80. The largest absolute Gasteiger partial charge is 0.383 e. The molecule has 0 aromatic carbocycles. The topological polar surface area (TPSA) is 57.0 Å². The molecule has 0 aliphatic rings. The maximum atomic E-state index is 10.9. The van der Waals surface area contributed by atoms with E-state index < -0.39 is 0 Å². The summed E-state index contributed by atoms with van der Waals surface area (Å²) in [6.45, 7) is 1.08. The molecule has 0 bridgehead atoms. The Labute approximate surface area is 99.1 Å². The van der Waals surface area contributed by atoms with Crippen LogP contribution in [0.4, 0.5) is 0 Å². The zero-order valence-corrected chi connectivity index (χ0v) is 9.54. The fraction of sp³-hybridized carbons (Fsp3) is 0.250. The van der Waals surface area contributed by atoms with Crippen molar-refractivity contribution in [3.8, 4) is 11.3 Å². The number of carbonyl (C=O) groups excluding carboxylic acids is 1. The van der Waals surface area contributed by atoms with Gasteiger partial charge in [-0.1, -0.05) is 0 Å². The van der Waals surface area contributed by atoms with Gasteiger partial charge < -0.3 is 4.74 Å². The van der Waals surface area contributed by atoms with E-state index in [1.165, 1.54) is 0 Å². The Balaban J connectivity index is 2.31. The number of nitrogens with zero attached hydrogens (tertiary/aromatic N) is 3. The van der Waals surface area contributed by atoms with E-state index >= 15 is 0 Å². The summed E-state index contributed by atoms with van der Waals surface area (Å²) >= 11 is 0. The molecular formula is C12H13N3O2. The molecule has 0 radical (unpaired) electrons. The van der Waals surface area contributed by atoms with Gasteiger partial charge in [-0.2, -0.15) is 5.10 Å². The van der Waals surface area contributed by atoms with Gasteiger partial charge in [0, 0.05) is 25.1 Å². The van der Waals surface area contributed by atoms with Crippen LogP contribution in [-0.2, 0) is 11.3 Å². The van der Waals surface area contributed by atoms with Crippen LogP contribution in [0.2, 0.25) is 0 Å². The number of methoxy groups -OCH3 is 1. The van der Waals surface area contributed by atoms with Crippen LogP contribution in [0.15, 0.2) is 30.6 Å². The second kappa shape index (κ2) is 5.36. The molecule has 2 aromatic heterocycles. The van der Waals surface area contributed by atoms with Gasteiger partial charge >= 0.3 is 0 Å². The molecule has 0 saturated carbocycles. The van der Waals surface area contributed by atoms with E-state index in [1.807, 2.05) is 12.1 Å². The monoisotopic (exact) mass is 231 g/mol. The highest BCUT2D eigenvalue weighted by molar-refractivity contribution is 5.75. The molecule has 0 aliphatic carbocycles. The number of hydrogen-bond acceptors (Lipinski definition) is 4. The Morgan fingerprint density at radius 1 is 1.53 bits per heavy atom. The summed E-state index contributed by atoms with van der Waals surface area (Å²) in [4.78, 5) is 14.9. The van der Waals surface area contributed by atoms with Crippen molar-refractivity contribution in [1.29, 1.82) is 0 Å². The van der Waals surface area contributed by atoms with E-state index in [0.29, 0.717) is 18.8 Å². The molecule has 5 heteroatoms. The molecule has 88 valence electrons. The van der Waals surface area contributed by atoms with Crippen LogP contribution in [0.3, 0.4) is 0 Å². The molecule has 2 heterocycles. The van der Waals surface area contributed by atoms with Crippen molar-refractivity contribution in [2.45, 2.75) is 6.54 Å². The summed E-state index contributed by atoms with van der Waals surface area (Å²) < 4.78 is 6.61. The van der Waals surface area contributed by atoms with Gasteiger partial charge in [0.1, 0.15) is 5.69 Å². The van der Waals surface area contributed by atoms with Gasteiger partial charge in [-0.3, -0.25) is 14.5 Å². The lowest BCUT2D eigenvalue weighted by Gasteiger charge is -2.01. The van der Waals surface area contributed by atoms with Crippen LogP contribution in [0.1, 0.15) is 10.5 Å². The molecule has 5 nitrogen and oxygen atoms in total. The third kappa shape index (κ3) is 2.57. The van der Waals surface area contributed by atoms with Crippen LogP contribution >= 0.6 is 0 Å². The van der Waals surface area contributed by atoms with Gasteiger partial charge in [-0.05, 0) is 18.2 Å². The van der Waals surface area contributed by atoms with Gasteiger partial charge in [0.15, 0.2) is 6.29 Å². The normalized spacial score (nSPS) is 10.4. The van der Waals surface area contributed by atoms with Crippen molar-refractivity contribution < 1.29 is 9.53 Å². The molecule has 0 N–H and O–H groups in total. The molecule has 0 fully saturated rings. The molecule has 2 aromatic rings. The number of pyridine rings is 1. The summed E-state index contributed by atoms with van der Waals surface area (Å²) in [5, 5.41) is 4.35. The van der Waals surface area contributed by atoms with Crippen molar-refractivity contribution in [2.75, 3.05) is 13.7 Å². The predicted molar refractivity (Wildman–Crippen MR) is 62.7 cm³/mol. The standard InChI is InChI=1S/C12H13N3O2/c1-17-6-5-15-11(9-16)7-12(14-15)10-3-2-4-13-8-10/h2-4,7-9H,5-6H2,1H3. The molecule has 0 amide bonds. The Kier molecular flexibility index (Phi) is 3.62. The molecule has 0 unspecified atom stereocenters. The minimum absolute atomic E-state index is 0.523. The van der Waals surface area contributed by atoms with Crippen LogP contribution in [0.25, 0.3) is 11.3 Å². The van der Waals surface area contributed by atoms with Crippen molar-refractivity contribution in [3.05, 3.63) is 36.3 Å². The number of aromatic nitrogens is 3. The van der Waals surface area contributed by atoms with Gasteiger partial charge in [0.05, 0.1) is 18.8 Å². The number of carbonyl (C=O) groups is 1. The van der Waals surface area contributed by atoms with E-state index in [9.17, 15) is 4.79 Å². The smallest absolute Gasteiger partial charge is 0.168 e. The van der Waals surface area contributed by atoms with Crippen LogP contribution in [-0.4, -0.2) is 34.8 Å². The van der Waals surface area contributed by atoms with Crippen LogP contribution in [0.5, 0.6) is 0 Å². The molecule has 2 rings (SSSR count). The summed E-state index contributed by atoms with van der Waals surface area (Å²) in [5.74, 6) is 0. The second-order valence-corrected chi connectivity index (χ2v) is 3.53. The molecule has 0 aliphatic heterocycles. The van der Waals surface area contributed by atoms with Crippen LogP contribution < -0.4 is 0 Å². The van der Waals surface area contributed by atoms with Crippen LogP contribution in [0, 0.1) is 0 Å². The van der Waals surface area contributed by atoms with E-state index in [4.69, 9.17) is 4.74 Å². The quantitative estimate of drug-likeness (QED) is 0.730. The minimum atomic E-state index is 0.523. The average molecular weight is 231 g/mol. The predicted octanol–water partition coefficient (Wildman–Crippen LogP) is 1.40. The highest BCUT2D eigenvalue weighted by atomic mass is 16.5. The number of rotatable bonds is 5.